The number of esters is 1. The first-order valence-corrected chi connectivity index (χ1v) is 12.8. The third kappa shape index (κ3) is 12.7. The number of hydrogen-bond donors (Lipinski definition) is 0. The Morgan fingerprint density at radius 2 is 1.33 bits per heavy atom. The van der Waals surface area contributed by atoms with Crippen LogP contribution >= 0.6 is 9.47 Å². The Bertz CT molecular complexity index is 547. The minimum absolute atomic E-state index is 0.281. The van der Waals surface area contributed by atoms with Gasteiger partial charge in [-0.2, -0.15) is 0 Å². The number of aryl methyl sites for hydroxylation is 1. The molecule has 0 aromatic heterocycles. The minimum atomic E-state index is -0.503. The quantitative estimate of drug-likeness (QED) is 0.0948. The van der Waals surface area contributed by atoms with Crippen LogP contribution < -0.4 is 4.74 Å². The van der Waals surface area contributed by atoms with Crippen LogP contribution in [0.2, 0.25) is 0 Å². The monoisotopic (exact) mass is 436 g/mol. The van der Waals surface area contributed by atoms with Gasteiger partial charge in [0.2, 0.25) is 0 Å². The summed E-state index contributed by atoms with van der Waals surface area (Å²) in [4.78, 5) is 12.5. The van der Waals surface area contributed by atoms with E-state index in [4.69, 9.17) is 9.26 Å². The topological polar surface area (TPSA) is 35.5 Å². The molecule has 1 aromatic rings. The van der Waals surface area contributed by atoms with E-state index in [0.717, 1.165) is 31.2 Å². The van der Waals surface area contributed by atoms with Crippen molar-refractivity contribution in [2.45, 2.75) is 123 Å². The van der Waals surface area contributed by atoms with Gasteiger partial charge in [0.05, 0.1) is 0 Å². The van der Waals surface area contributed by atoms with Gasteiger partial charge in [-0.3, -0.25) is 0 Å². The van der Waals surface area contributed by atoms with Gasteiger partial charge in [0.15, 0.2) is 6.10 Å². The van der Waals surface area contributed by atoms with Crippen LogP contribution in [-0.4, -0.2) is 12.1 Å². The summed E-state index contributed by atoms with van der Waals surface area (Å²) in [5.41, 5.74) is 1.12. The van der Waals surface area contributed by atoms with Crippen molar-refractivity contribution in [2.24, 2.45) is 0 Å². The Kier molecular flexibility index (Phi) is 17.0. The van der Waals surface area contributed by atoms with E-state index >= 15 is 0 Å². The van der Waals surface area contributed by atoms with Crippen molar-refractivity contribution in [3.63, 3.8) is 0 Å². The lowest BCUT2D eigenvalue weighted by Crippen LogP contribution is -2.26. The lowest BCUT2D eigenvalue weighted by atomic mass is 10.0. The number of carbonyl (C=O) groups is 1. The third-order valence-electron chi connectivity index (χ3n) is 5.73. The van der Waals surface area contributed by atoms with Gasteiger partial charge in [-0.15, -0.1) is 0 Å². The number of hydrogen-bond acceptors (Lipinski definition) is 3. The van der Waals surface area contributed by atoms with E-state index in [0.29, 0.717) is 12.2 Å². The molecule has 0 heterocycles. The number of para-hydroxylation sites is 1. The van der Waals surface area contributed by atoms with E-state index in [9.17, 15) is 4.79 Å². The Morgan fingerprint density at radius 3 is 1.93 bits per heavy atom. The SMILES string of the molecule is CCCCCCCCCCCCc1ccccc1OC(=O)C(CCCCCC)OP. The molecular formula is C26H45O3P. The van der Waals surface area contributed by atoms with Gasteiger partial charge < -0.3 is 9.26 Å². The molecule has 0 aliphatic rings. The summed E-state index contributed by atoms with van der Waals surface area (Å²) in [6, 6.07) is 7.94. The second-order valence-corrected chi connectivity index (χ2v) is 8.71. The molecule has 0 bridgehead atoms. The molecule has 0 radical (unpaired) electrons. The normalized spacial score (nSPS) is 12.1. The highest BCUT2D eigenvalue weighted by molar-refractivity contribution is 7.09. The molecule has 1 rings (SSSR count). The van der Waals surface area contributed by atoms with E-state index in [1.165, 1.54) is 70.6 Å². The standard InChI is InChI=1S/C26H45O3P/c1-3-5-7-9-10-11-12-13-14-15-19-23-20-17-18-21-24(23)28-26(27)25(29-30)22-16-8-6-4-2/h17-18,20-21,25H,3-16,19,22,30H2,1-2H3. The maximum Gasteiger partial charge on any atom is 0.340 e. The van der Waals surface area contributed by atoms with Gasteiger partial charge in [0.25, 0.3) is 0 Å². The van der Waals surface area contributed by atoms with Crippen LogP contribution in [0.5, 0.6) is 5.75 Å². The summed E-state index contributed by atoms with van der Waals surface area (Å²) >= 11 is 0. The van der Waals surface area contributed by atoms with Crippen molar-refractivity contribution in [1.82, 2.24) is 0 Å². The van der Waals surface area contributed by atoms with Crippen molar-refractivity contribution in [3.8, 4) is 5.75 Å². The molecule has 2 atom stereocenters. The molecule has 172 valence electrons. The summed E-state index contributed by atoms with van der Waals surface area (Å²) in [7, 11) is 2.22. The molecule has 0 N–H and O–H groups in total. The van der Waals surface area contributed by atoms with Crippen LogP contribution in [0.4, 0.5) is 0 Å². The van der Waals surface area contributed by atoms with Gasteiger partial charge >= 0.3 is 5.97 Å². The molecular weight excluding hydrogens is 391 g/mol. The van der Waals surface area contributed by atoms with E-state index in [1.54, 1.807) is 0 Å². The highest BCUT2D eigenvalue weighted by Crippen LogP contribution is 2.23. The van der Waals surface area contributed by atoms with Crippen LogP contribution in [0.1, 0.15) is 116 Å². The minimum Gasteiger partial charge on any atom is -0.424 e. The highest BCUT2D eigenvalue weighted by atomic mass is 31.0. The zero-order chi connectivity index (χ0) is 21.9. The molecule has 0 saturated heterocycles. The molecule has 3 nitrogen and oxygen atoms in total. The van der Waals surface area contributed by atoms with Crippen molar-refractivity contribution >= 4 is 15.4 Å². The predicted octanol–water partition coefficient (Wildman–Crippen LogP) is 8.20. The fourth-order valence-electron chi connectivity index (χ4n) is 3.78. The summed E-state index contributed by atoms with van der Waals surface area (Å²) in [5, 5.41) is 0. The number of carbonyl (C=O) groups excluding carboxylic acids is 1. The molecule has 2 unspecified atom stereocenters. The zero-order valence-electron chi connectivity index (χ0n) is 19.5. The third-order valence-corrected chi connectivity index (χ3v) is 6.06. The van der Waals surface area contributed by atoms with Crippen LogP contribution in [0, 0.1) is 0 Å². The Balaban J connectivity index is 2.31. The van der Waals surface area contributed by atoms with E-state index in [1.807, 2.05) is 18.2 Å². The average molecular weight is 437 g/mol. The fourth-order valence-corrected chi connectivity index (χ4v) is 4.03. The number of ether oxygens (including phenoxy) is 1. The van der Waals surface area contributed by atoms with Crippen molar-refractivity contribution in [3.05, 3.63) is 29.8 Å². The molecule has 0 amide bonds. The molecule has 0 aliphatic heterocycles. The first-order valence-electron chi connectivity index (χ1n) is 12.4. The van der Waals surface area contributed by atoms with E-state index in [2.05, 4.69) is 29.4 Å². The molecule has 0 spiro atoms. The Labute approximate surface area is 188 Å². The van der Waals surface area contributed by atoms with Crippen LogP contribution in [0.3, 0.4) is 0 Å². The summed E-state index contributed by atoms with van der Waals surface area (Å²) in [5.74, 6) is 0.413. The van der Waals surface area contributed by atoms with Gasteiger partial charge in [0, 0.05) is 9.47 Å². The Hall–Kier alpha value is -0.920. The molecule has 30 heavy (non-hydrogen) atoms. The van der Waals surface area contributed by atoms with Crippen LogP contribution in [-0.2, 0) is 15.7 Å². The number of benzene rings is 1. The molecule has 4 heteroatoms. The van der Waals surface area contributed by atoms with E-state index in [-0.39, 0.29) is 5.97 Å². The van der Waals surface area contributed by atoms with Crippen LogP contribution in [0.15, 0.2) is 24.3 Å². The van der Waals surface area contributed by atoms with Crippen LogP contribution in [0.25, 0.3) is 0 Å². The number of unbranched alkanes of at least 4 members (excludes halogenated alkanes) is 12. The van der Waals surface area contributed by atoms with Gasteiger partial charge in [-0.1, -0.05) is 116 Å². The largest absolute Gasteiger partial charge is 0.424 e. The maximum atomic E-state index is 12.5. The van der Waals surface area contributed by atoms with Crippen molar-refractivity contribution < 1.29 is 14.1 Å². The smallest absolute Gasteiger partial charge is 0.340 e. The second kappa shape index (κ2) is 18.8. The summed E-state index contributed by atoms with van der Waals surface area (Å²) in [6.07, 6.45) is 18.9. The van der Waals surface area contributed by atoms with Gasteiger partial charge in [-0.05, 0) is 30.9 Å². The predicted molar refractivity (Wildman–Crippen MR) is 131 cm³/mol. The van der Waals surface area contributed by atoms with Gasteiger partial charge in [0.1, 0.15) is 5.75 Å². The lowest BCUT2D eigenvalue weighted by Gasteiger charge is -2.16. The summed E-state index contributed by atoms with van der Waals surface area (Å²) in [6.45, 7) is 4.45. The molecule has 1 aromatic carbocycles. The highest BCUT2D eigenvalue weighted by Gasteiger charge is 2.20. The van der Waals surface area contributed by atoms with Crippen molar-refractivity contribution in [2.75, 3.05) is 0 Å². The number of rotatable bonds is 19. The van der Waals surface area contributed by atoms with Crippen molar-refractivity contribution in [1.29, 1.82) is 0 Å². The molecule has 0 saturated carbocycles. The molecule has 0 fully saturated rings. The maximum absolute atomic E-state index is 12.5. The first kappa shape index (κ1) is 27.1. The van der Waals surface area contributed by atoms with Gasteiger partial charge in [-0.25, -0.2) is 4.79 Å². The van der Waals surface area contributed by atoms with E-state index < -0.39 is 6.10 Å². The Morgan fingerprint density at radius 1 is 0.800 bits per heavy atom. The average Bonchev–Trinajstić information content (AvgIpc) is 2.76. The zero-order valence-corrected chi connectivity index (χ0v) is 20.7. The summed E-state index contributed by atoms with van der Waals surface area (Å²) < 4.78 is 11.0. The lowest BCUT2D eigenvalue weighted by molar-refractivity contribution is -0.142. The second-order valence-electron chi connectivity index (χ2n) is 8.43. The molecule has 0 aliphatic carbocycles. The first-order chi connectivity index (χ1) is 14.7. The fraction of sp³-hybridized carbons (Fsp3) is 0.731.